The van der Waals surface area contributed by atoms with Crippen molar-refractivity contribution < 1.29 is 9.53 Å². The monoisotopic (exact) mass is 344 g/mol. The number of hydrogen-bond acceptors (Lipinski definition) is 5. The largest absolute Gasteiger partial charge is 0.496 e. The number of methoxy groups -OCH3 is 1. The lowest BCUT2D eigenvalue weighted by Gasteiger charge is -2.08. The minimum absolute atomic E-state index is 0.450. The average Bonchev–Trinajstić information content (AvgIpc) is 3.23. The Morgan fingerprint density at radius 1 is 1.39 bits per heavy atom. The second-order valence-corrected chi connectivity index (χ2v) is 6.46. The van der Waals surface area contributed by atoms with Gasteiger partial charge in [-0.1, -0.05) is 12.1 Å². The predicted molar refractivity (Wildman–Crippen MR) is 94.9 cm³/mol. The molecular formula is C17H16N2O2S2. The molecule has 0 radical (unpaired) electrons. The third kappa shape index (κ3) is 3.48. The number of aryl methyl sites for hydroxylation is 2. The Labute approximate surface area is 144 Å². The average molecular weight is 344 g/mol. The van der Waals surface area contributed by atoms with Crippen LogP contribution in [-0.2, 0) is 13.0 Å². The molecule has 4 nitrogen and oxygen atoms in total. The Hall–Kier alpha value is -2.05. The highest BCUT2D eigenvalue weighted by molar-refractivity contribution is 7.80. The number of aldehydes is 1. The van der Waals surface area contributed by atoms with E-state index in [0.717, 1.165) is 39.5 Å². The van der Waals surface area contributed by atoms with E-state index in [2.05, 4.69) is 17.6 Å². The molecule has 3 aromatic rings. The van der Waals surface area contributed by atoms with Gasteiger partial charge in [0.05, 0.1) is 17.7 Å². The van der Waals surface area contributed by atoms with Gasteiger partial charge in [0, 0.05) is 17.6 Å². The van der Waals surface area contributed by atoms with Crippen molar-refractivity contribution in [2.75, 3.05) is 7.11 Å². The fourth-order valence-corrected chi connectivity index (χ4v) is 3.28. The maximum absolute atomic E-state index is 11.3. The van der Waals surface area contributed by atoms with Crippen molar-refractivity contribution in [2.24, 2.45) is 0 Å². The van der Waals surface area contributed by atoms with Crippen molar-refractivity contribution >= 4 is 30.3 Å². The number of rotatable bonds is 6. The maximum Gasteiger partial charge on any atom is 0.185 e. The van der Waals surface area contributed by atoms with Crippen LogP contribution in [0, 0.1) is 0 Å². The molecule has 3 rings (SSSR count). The van der Waals surface area contributed by atoms with Crippen LogP contribution < -0.4 is 4.74 Å². The minimum atomic E-state index is 0.450. The molecule has 0 atom stereocenters. The normalized spacial score (nSPS) is 10.7. The summed E-state index contributed by atoms with van der Waals surface area (Å²) in [4.78, 5) is 17.5. The van der Waals surface area contributed by atoms with Gasteiger partial charge in [-0.25, -0.2) is 4.98 Å². The van der Waals surface area contributed by atoms with Crippen LogP contribution in [-0.4, -0.2) is 22.9 Å². The molecule has 0 fully saturated rings. The maximum atomic E-state index is 11.3. The summed E-state index contributed by atoms with van der Waals surface area (Å²) in [6, 6.07) is 9.89. The number of aromatic nitrogens is 2. The van der Waals surface area contributed by atoms with E-state index >= 15 is 0 Å². The number of carbonyl (C=O) groups excluding carboxylic acids is 1. The van der Waals surface area contributed by atoms with Crippen molar-refractivity contribution in [1.29, 1.82) is 0 Å². The molecule has 0 saturated heterocycles. The van der Waals surface area contributed by atoms with Gasteiger partial charge in [0.15, 0.2) is 12.1 Å². The first kappa shape index (κ1) is 15.8. The summed E-state index contributed by atoms with van der Waals surface area (Å²) in [6.45, 7) is 0.682. The molecule has 0 aliphatic carbocycles. The van der Waals surface area contributed by atoms with Gasteiger partial charge in [0.1, 0.15) is 5.75 Å². The van der Waals surface area contributed by atoms with Gasteiger partial charge in [-0.2, -0.15) is 0 Å². The van der Waals surface area contributed by atoms with Crippen molar-refractivity contribution in [3.05, 3.63) is 53.3 Å². The van der Waals surface area contributed by atoms with E-state index in [1.54, 1.807) is 18.4 Å². The number of carbonyl (C=O) groups is 1. The molecule has 23 heavy (non-hydrogen) atoms. The van der Waals surface area contributed by atoms with Crippen LogP contribution in [0.4, 0.5) is 0 Å². The van der Waals surface area contributed by atoms with Crippen LogP contribution >= 0.6 is 24.0 Å². The van der Waals surface area contributed by atoms with E-state index in [0.29, 0.717) is 12.4 Å². The highest BCUT2D eigenvalue weighted by atomic mass is 32.1. The summed E-state index contributed by atoms with van der Waals surface area (Å²) >= 11 is 5.96. The molecular weight excluding hydrogens is 328 g/mol. The fraction of sp³-hybridized carbons (Fsp3) is 0.176. The predicted octanol–water partition coefficient (Wildman–Crippen LogP) is 3.96. The van der Waals surface area contributed by atoms with Crippen LogP contribution in [0.3, 0.4) is 0 Å². The first-order valence-electron chi connectivity index (χ1n) is 7.13. The molecule has 0 spiro atoms. The van der Waals surface area contributed by atoms with Gasteiger partial charge in [0.2, 0.25) is 0 Å². The van der Waals surface area contributed by atoms with Gasteiger partial charge in [-0.15, -0.1) is 24.0 Å². The number of nitrogens with zero attached hydrogens (tertiary/aromatic N) is 2. The minimum Gasteiger partial charge on any atom is -0.496 e. The summed E-state index contributed by atoms with van der Waals surface area (Å²) in [6.07, 6.45) is 3.51. The molecule has 118 valence electrons. The fourth-order valence-electron chi connectivity index (χ4n) is 2.37. The van der Waals surface area contributed by atoms with Crippen LogP contribution in [0.25, 0.3) is 10.6 Å². The second kappa shape index (κ2) is 7.02. The number of ether oxygens (including phenoxy) is 1. The molecule has 0 amide bonds. The first-order valence-corrected chi connectivity index (χ1v) is 8.46. The standard InChI is InChI=1S/C17H16N2O2S2/c1-21-14-9-12(4-5-15(14)22)6-7-19-10-13(18-17(19)11-20)16-3-2-8-23-16/h2-5,8-11,22H,6-7H2,1H3. The Morgan fingerprint density at radius 3 is 2.96 bits per heavy atom. The number of benzene rings is 1. The van der Waals surface area contributed by atoms with Gasteiger partial charge >= 0.3 is 0 Å². The Kier molecular flexibility index (Phi) is 4.83. The molecule has 0 unspecified atom stereocenters. The Bertz CT molecular complexity index is 810. The third-order valence-electron chi connectivity index (χ3n) is 3.57. The summed E-state index contributed by atoms with van der Waals surface area (Å²) in [5, 5.41) is 2.00. The molecule has 0 aliphatic heterocycles. The summed E-state index contributed by atoms with van der Waals surface area (Å²) in [5.41, 5.74) is 1.97. The van der Waals surface area contributed by atoms with Crippen molar-refractivity contribution in [3.63, 3.8) is 0 Å². The molecule has 0 aliphatic rings. The number of thiol groups is 1. The lowest BCUT2D eigenvalue weighted by Crippen LogP contribution is -2.04. The molecule has 1 aromatic carbocycles. The summed E-state index contributed by atoms with van der Waals surface area (Å²) in [5.74, 6) is 1.21. The van der Waals surface area contributed by atoms with Crippen LogP contribution in [0.1, 0.15) is 16.2 Å². The van der Waals surface area contributed by atoms with Crippen LogP contribution in [0.5, 0.6) is 5.75 Å². The van der Waals surface area contributed by atoms with E-state index in [9.17, 15) is 4.79 Å². The van der Waals surface area contributed by atoms with Crippen molar-refractivity contribution in [1.82, 2.24) is 9.55 Å². The highest BCUT2D eigenvalue weighted by Gasteiger charge is 2.10. The van der Waals surface area contributed by atoms with Gasteiger partial charge in [-0.05, 0) is 35.6 Å². The molecule has 2 aromatic heterocycles. The smallest absolute Gasteiger partial charge is 0.185 e. The van der Waals surface area contributed by atoms with Crippen LogP contribution in [0.15, 0.2) is 46.8 Å². The zero-order chi connectivity index (χ0) is 16.2. The molecule has 0 bridgehead atoms. The highest BCUT2D eigenvalue weighted by Crippen LogP contribution is 2.25. The zero-order valence-corrected chi connectivity index (χ0v) is 14.3. The van der Waals surface area contributed by atoms with E-state index in [1.165, 1.54) is 0 Å². The van der Waals surface area contributed by atoms with Crippen LogP contribution in [0.2, 0.25) is 0 Å². The van der Waals surface area contributed by atoms with E-state index in [1.807, 2.05) is 46.5 Å². The molecule has 0 N–H and O–H groups in total. The third-order valence-corrected chi connectivity index (χ3v) is 4.83. The quantitative estimate of drug-likeness (QED) is 0.544. The number of thiophene rings is 1. The van der Waals surface area contributed by atoms with Crippen molar-refractivity contribution in [2.45, 2.75) is 17.9 Å². The lowest BCUT2D eigenvalue weighted by atomic mass is 10.1. The Morgan fingerprint density at radius 2 is 2.26 bits per heavy atom. The van der Waals surface area contributed by atoms with Gasteiger partial charge in [-0.3, -0.25) is 4.79 Å². The summed E-state index contributed by atoms with van der Waals surface area (Å²) < 4.78 is 7.18. The van der Waals surface area contributed by atoms with E-state index in [-0.39, 0.29) is 0 Å². The van der Waals surface area contributed by atoms with Crippen molar-refractivity contribution in [3.8, 4) is 16.3 Å². The summed E-state index contributed by atoms with van der Waals surface area (Å²) in [7, 11) is 1.63. The van der Waals surface area contributed by atoms with E-state index in [4.69, 9.17) is 4.74 Å². The Balaban J connectivity index is 1.79. The molecule has 2 heterocycles. The number of imidazole rings is 1. The SMILES string of the molecule is COc1cc(CCn2cc(-c3cccs3)nc2C=O)ccc1S. The first-order chi connectivity index (χ1) is 11.2. The molecule has 0 saturated carbocycles. The second-order valence-electron chi connectivity index (χ2n) is 5.03. The van der Waals surface area contributed by atoms with Gasteiger partial charge in [0.25, 0.3) is 0 Å². The van der Waals surface area contributed by atoms with Gasteiger partial charge < -0.3 is 9.30 Å². The lowest BCUT2D eigenvalue weighted by molar-refractivity contribution is 0.111. The molecule has 6 heteroatoms. The van der Waals surface area contributed by atoms with E-state index < -0.39 is 0 Å². The number of hydrogen-bond donors (Lipinski definition) is 1. The zero-order valence-electron chi connectivity index (χ0n) is 12.6. The topological polar surface area (TPSA) is 44.1 Å².